The molecule has 2 aromatic rings. The summed E-state index contributed by atoms with van der Waals surface area (Å²) in [4.78, 5) is 22.3. The van der Waals surface area contributed by atoms with Gasteiger partial charge in [-0.3, -0.25) is 9.78 Å². The third-order valence-corrected chi connectivity index (χ3v) is 4.13. The summed E-state index contributed by atoms with van der Waals surface area (Å²) in [5.74, 6) is 0.377. The van der Waals surface area contributed by atoms with Crippen LogP contribution >= 0.6 is 11.6 Å². The van der Waals surface area contributed by atoms with Crippen molar-refractivity contribution in [3.05, 3.63) is 53.4 Å². The number of carbonyl (C=O) groups is 1. The molecule has 2 aromatic heterocycles. The Morgan fingerprint density at radius 3 is 2.78 bits per heavy atom. The number of aromatic nitrogens is 2. The topological polar surface area (TPSA) is 78.4 Å². The molecular formula is C16H17ClN4O2. The summed E-state index contributed by atoms with van der Waals surface area (Å²) < 4.78 is 0. The van der Waals surface area contributed by atoms with Crippen LogP contribution in [0.5, 0.6) is 0 Å². The summed E-state index contributed by atoms with van der Waals surface area (Å²) in [7, 11) is 0. The number of aliphatic hydroxyl groups is 1. The summed E-state index contributed by atoms with van der Waals surface area (Å²) in [5, 5.41) is 13.7. The zero-order valence-electron chi connectivity index (χ0n) is 12.4. The van der Waals surface area contributed by atoms with Crippen LogP contribution in [-0.4, -0.2) is 46.2 Å². The fourth-order valence-electron chi connectivity index (χ4n) is 2.64. The van der Waals surface area contributed by atoms with Gasteiger partial charge in [0.15, 0.2) is 0 Å². The third kappa shape index (κ3) is 3.60. The van der Waals surface area contributed by atoms with Gasteiger partial charge in [0.05, 0.1) is 17.2 Å². The van der Waals surface area contributed by atoms with Crippen molar-refractivity contribution in [3.8, 4) is 0 Å². The van der Waals surface area contributed by atoms with Crippen molar-refractivity contribution in [2.24, 2.45) is 0 Å². The molecule has 0 aliphatic carbocycles. The van der Waals surface area contributed by atoms with Gasteiger partial charge in [-0.25, -0.2) is 4.98 Å². The van der Waals surface area contributed by atoms with E-state index in [4.69, 9.17) is 11.6 Å². The Balaban J connectivity index is 1.63. The number of hydrogen-bond donors (Lipinski definition) is 2. The van der Waals surface area contributed by atoms with E-state index < -0.39 is 6.10 Å². The molecule has 6 nitrogen and oxygen atoms in total. The van der Waals surface area contributed by atoms with Gasteiger partial charge in [-0.2, -0.15) is 0 Å². The second-order valence-corrected chi connectivity index (χ2v) is 5.81. The van der Waals surface area contributed by atoms with Gasteiger partial charge in [-0.15, -0.1) is 0 Å². The van der Waals surface area contributed by atoms with Crippen molar-refractivity contribution in [3.63, 3.8) is 0 Å². The predicted molar refractivity (Wildman–Crippen MR) is 87.6 cm³/mol. The number of carbonyl (C=O) groups excluding carboxylic acids is 1. The van der Waals surface area contributed by atoms with Crippen LogP contribution in [0.15, 0.2) is 42.7 Å². The first-order valence-corrected chi connectivity index (χ1v) is 7.78. The monoisotopic (exact) mass is 332 g/mol. The van der Waals surface area contributed by atoms with Gasteiger partial charge in [-0.1, -0.05) is 17.7 Å². The minimum absolute atomic E-state index is 0.279. The van der Waals surface area contributed by atoms with Crippen LogP contribution in [0.25, 0.3) is 0 Å². The van der Waals surface area contributed by atoms with Gasteiger partial charge >= 0.3 is 0 Å². The average molecular weight is 333 g/mol. The molecule has 1 fully saturated rings. The molecule has 0 saturated carbocycles. The number of aliphatic hydroxyl groups excluding tert-OH is 1. The summed E-state index contributed by atoms with van der Waals surface area (Å²) in [5.41, 5.74) is 0.343. The number of hydrogen-bond acceptors (Lipinski definition) is 5. The van der Waals surface area contributed by atoms with Crippen LogP contribution in [-0.2, 0) is 0 Å². The van der Waals surface area contributed by atoms with E-state index in [-0.39, 0.29) is 11.9 Å². The van der Waals surface area contributed by atoms with Gasteiger partial charge in [-0.05, 0) is 30.7 Å². The molecule has 1 amide bonds. The second-order valence-electron chi connectivity index (χ2n) is 5.41. The molecule has 7 heteroatoms. The molecule has 2 atom stereocenters. The maximum Gasteiger partial charge on any atom is 0.270 e. The minimum Gasteiger partial charge on any atom is -0.389 e. The lowest BCUT2D eigenvalue weighted by Gasteiger charge is -2.37. The molecule has 0 spiro atoms. The molecule has 0 radical (unpaired) electrons. The zero-order chi connectivity index (χ0) is 16.2. The Bertz CT molecular complexity index is 683. The van der Waals surface area contributed by atoms with Crippen molar-refractivity contribution < 1.29 is 9.90 Å². The molecule has 1 saturated heterocycles. The van der Waals surface area contributed by atoms with E-state index in [1.54, 1.807) is 42.7 Å². The molecule has 2 N–H and O–H groups in total. The second kappa shape index (κ2) is 6.93. The molecule has 1 aliphatic heterocycles. The number of pyridine rings is 2. The number of amides is 1. The van der Waals surface area contributed by atoms with E-state index in [0.717, 1.165) is 0 Å². The Labute approximate surface area is 139 Å². The summed E-state index contributed by atoms with van der Waals surface area (Å²) in [6.07, 6.45) is 3.14. The lowest BCUT2D eigenvalue weighted by atomic mass is 10.0. The first kappa shape index (κ1) is 15.7. The zero-order valence-corrected chi connectivity index (χ0v) is 13.1. The first-order valence-electron chi connectivity index (χ1n) is 7.40. The van der Waals surface area contributed by atoms with Gasteiger partial charge in [0.1, 0.15) is 11.5 Å². The minimum atomic E-state index is -0.700. The third-order valence-electron chi connectivity index (χ3n) is 3.83. The van der Waals surface area contributed by atoms with Gasteiger partial charge in [0.2, 0.25) is 0 Å². The molecule has 23 heavy (non-hydrogen) atoms. The summed E-state index contributed by atoms with van der Waals surface area (Å²) in [6.45, 7) is 1.02. The normalized spacial score (nSPS) is 21.0. The quantitative estimate of drug-likeness (QED) is 0.890. The fourth-order valence-corrected chi connectivity index (χ4v) is 2.88. The first-order chi connectivity index (χ1) is 11.1. The van der Waals surface area contributed by atoms with Crippen LogP contribution < -0.4 is 10.2 Å². The van der Waals surface area contributed by atoms with Crippen molar-refractivity contribution in [2.45, 2.75) is 18.6 Å². The molecular weight excluding hydrogens is 316 g/mol. The molecule has 3 heterocycles. The van der Waals surface area contributed by atoms with Crippen LogP contribution in [0.1, 0.15) is 16.9 Å². The predicted octanol–water partition coefficient (Wildman–Crippen LogP) is 1.50. The van der Waals surface area contributed by atoms with Gasteiger partial charge in [0.25, 0.3) is 5.91 Å². The van der Waals surface area contributed by atoms with E-state index >= 15 is 0 Å². The SMILES string of the molecule is O=C(N[C@@H]1CCN(c2ncccc2Cl)C[C@H]1O)c1ccccn1. The summed E-state index contributed by atoms with van der Waals surface area (Å²) in [6, 6.07) is 8.37. The number of piperidine rings is 1. The maximum atomic E-state index is 12.1. The average Bonchev–Trinajstić information content (AvgIpc) is 2.58. The smallest absolute Gasteiger partial charge is 0.270 e. The number of anilines is 1. The van der Waals surface area contributed by atoms with Crippen molar-refractivity contribution in [2.75, 3.05) is 18.0 Å². The highest BCUT2D eigenvalue weighted by Crippen LogP contribution is 2.25. The highest BCUT2D eigenvalue weighted by molar-refractivity contribution is 6.32. The van der Waals surface area contributed by atoms with E-state index in [2.05, 4.69) is 15.3 Å². The Morgan fingerprint density at radius 2 is 2.09 bits per heavy atom. The number of nitrogens with one attached hydrogen (secondary N) is 1. The molecule has 120 valence electrons. The molecule has 0 bridgehead atoms. The molecule has 3 rings (SSSR count). The molecule has 0 unspecified atom stereocenters. The number of rotatable bonds is 3. The number of nitrogens with zero attached hydrogens (tertiary/aromatic N) is 3. The van der Waals surface area contributed by atoms with Crippen LogP contribution in [0.4, 0.5) is 5.82 Å². The molecule has 1 aliphatic rings. The van der Waals surface area contributed by atoms with Gasteiger partial charge in [0, 0.05) is 25.5 Å². The standard InChI is InChI=1S/C16H17ClN4O2/c17-11-4-3-8-19-15(11)21-9-6-12(14(22)10-21)20-16(23)13-5-1-2-7-18-13/h1-5,7-8,12,14,22H,6,9-10H2,(H,20,23)/t12-,14-/m1/s1. The number of β-amino-alcohol motifs (C(OH)–C–C–N with tert-alkyl or cyclic N) is 1. The largest absolute Gasteiger partial charge is 0.389 e. The van der Waals surface area contributed by atoms with Crippen LogP contribution in [0.3, 0.4) is 0 Å². The van der Waals surface area contributed by atoms with Crippen LogP contribution in [0, 0.1) is 0 Å². The number of halogens is 1. The fraction of sp³-hybridized carbons (Fsp3) is 0.312. The Morgan fingerprint density at radius 1 is 1.26 bits per heavy atom. The van der Waals surface area contributed by atoms with E-state index in [0.29, 0.717) is 36.0 Å². The Kier molecular flexibility index (Phi) is 4.73. The maximum absolute atomic E-state index is 12.1. The van der Waals surface area contributed by atoms with Crippen LogP contribution in [0.2, 0.25) is 5.02 Å². The van der Waals surface area contributed by atoms with E-state index in [9.17, 15) is 9.90 Å². The van der Waals surface area contributed by atoms with E-state index in [1.165, 1.54) is 0 Å². The lowest BCUT2D eigenvalue weighted by Crippen LogP contribution is -2.54. The van der Waals surface area contributed by atoms with Crippen molar-refractivity contribution in [1.29, 1.82) is 0 Å². The molecule has 0 aromatic carbocycles. The Hall–Kier alpha value is -2.18. The van der Waals surface area contributed by atoms with Crippen molar-refractivity contribution >= 4 is 23.3 Å². The van der Waals surface area contributed by atoms with Crippen molar-refractivity contribution in [1.82, 2.24) is 15.3 Å². The highest BCUT2D eigenvalue weighted by Gasteiger charge is 2.30. The van der Waals surface area contributed by atoms with Gasteiger partial charge < -0.3 is 15.3 Å². The summed E-state index contributed by atoms with van der Waals surface area (Å²) >= 11 is 6.14. The van der Waals surface area contributed by atoms with E-state index in [1.807, 2.05) is 4.90 Å². The highest BCUT2D eigenvalue weighted by atomic mass is 35.5. The lowest BCUT2D eigenvalue weighted by molar-refractivity contribution is 0.0793.